The Morgan fingerprint density at radius 2 is 1.74 bits per heavy atom. The Morgan fingerprint density at radius 3 is 2.35 bits per heavy atom. The quantitative estimate of drug-likeness (QED) is 0.384. The van der Waals surface area contributed by atoms with Gasteiger partial charge in [0.2, 0.25) is 0 Å². The average molecular weight is 448 g/mol. The molecular formula is C16H17IO5S. The first kappa shape index (κ1) is 18.0. The number of hydrogen-bond acceptors (Lipinski definition) is 5. The van der Waals surface area contributed by atoms with Crippen LogP contribution >= 0.6 is 22.6 Å². The molecule has 0 aliphatic carbocycles. The third-order valence-electron chi connectivity index (χ3n) is 3.04. The Bertz CT molecular complexity index is 785. The van der Waals surface area contributed by atoms with Crippen LogP contribution in [0.3, 0.4) is 0 Å². The van der Waals surface area contributed by atoms with Gasteiger partial charge in [-0.3, -0.25) is 0 Å². The largest absolute Gasteiger partial charge is 0.463 e. The van der Waals surface area contributed by atoms with E-state index in [9.17, 15) is 8.42 Å². The molecule has 2 rings (SSSR count). The highest BCUT2D eigenvalue weighted by Crippen LogP contribution is 2.35. The van der Waals surface area contributed by atoms with E-state index in [4.69, 9.17) is 13.7 Å². The van der Waals surface area contributed by atoms with Crippen molar-refractivity contribution in [3.05, 3.63) is 51.1 Å². The zero-order valence-corrected chi connectivity index (χ0v) is 16.0. The lowest BCUT2D eigenvalue weighted by molar-refractivity contribution is 0.0494. The summed E-state index contributed by atoms with van der Waals surface area (Å²) in [6, 6.07) is 9.96. The SMILES string of the molecule is COCOc1c(C)cc(I)cc1OS(=O)(=O)c1ccc(C)cc1. The molecule has 0 aliphatic rings. The van der Waals surface area contributed by atoms with Gasteiger partial charge in [0.05, 0.1) is 0 Å². The van der Waals surface area contributed by atoms with Crippen LogP contribution in [0.5, 0.6) is 11.5 Å². The number of hydrogen-bond donors (Lipinski definition) is 0. The molecule has 0 radical (unpaired) electrons. The summed E-state index contributed by atoms with van der Waals surface area (Å²) in [5.74, 6) is 0.495. The van der Waals surface area contributed by atoms with E-state index in [-0.39, 0.29) is 17.4 Å². The zero-order chi connectivity index (χ0) is 17.0. The summed E-state index contributed by atoms with van der Waals surface area (Å²) in [6.45, 7) is 3.71. The van der Waals surface area contributed by atoms with E-state index in [0.29, 0.717) is 5.75 Å². The number of aryl methyl sites for hydroxylation is 2. The molecule has 0 amide bonds. The van der Waals surface area contributed by atoms with Crippen LogP contribution in [0.25, 0.3) is 0 Å². The van der Waals surface area contributed by atoms with Crippen molar-refractivity contribution in [3.63, 3.8) is 0 Å². The van der Waals surface area contributed by atoms with Crippen molar-refractivity contribution in [1.82, 2.24) is 0 Å². The Labute approximate surface area is 149 Å². The molecule has 0 aliphatic heterocycles. The molecule has 2 aromatic rings. The highest BCUT2D eigenvalue weighted by atomic mass is 127. The Balaban J connectivity index is 2.39. The van der Waals surface area contributed by atoms with Gasteiger partial charge in [0, 0.05) is 10.7 Å². The number of halogens is 1. The first-order valence-electron chi connectivity index (χ1n) is 6.76. The third kappa shape index (κ3) is 4.58. The van der Waals surface area contributed by atoms with Gasteiger partial charge in [0.25, 0.3) is 0 Å². The maximum atomic E-state index is 12.5. The fraction of sp³-hybridized carbons (Fsp3) is 0.250. The summed E-state index contributed by atoms with van der Waals surface area (Å²) in [5.41, 5.74) is 1.74. The molecule has 23 heavy (non-hydrogen) atoms. The van der Waals surface area contributed by atoms with Gasteiger partial charge in [-0.2, -0.15) is 8.42 Å². The molecule has 0 N–H and O–H groups in total. The standard InChI is InChI=1S/C16H17IO5S/c1-11-4-6-14(7-5-11)23(18,19)22-15-9-13(17)8-12(2)16(15)21-10-20-3/h4-9H,10H2,1-3H3. The predicted molar refractivity (Wildman–Crippen MR) is 95.4 cm³/mol. The van der Waals surface area contributed by atoms with Crippen LogP contribution in [0.4, 0.5) is 0 Å². The number of rotatable bonds is 6. The van der Waals surface area contributed by atoms with Crippen LogP contribution in [-0.2, 0) is 14.9 Å². The van der Waals surface area contributed by atoms with Gasteiger partial charge in [-0.1, -0.05) is 17.7 Å². The van der Waals surface area contributed by atoms with Crippen LogP contribution in [0.15, 0.2) is 41.3 Å². The lowest BCUT2D eigenvalue weighted by Crippen LogP contribution is -2.12. The van der Waals surface area contributed by atoms with Crippen molar-refractivity contribution in [2.24, 2.45) is 0 Å². The van der Waals surface area contributed by atoms with Gasteiger partial charge in [-0.05, 0) is 66.3 Å². The van der Waals surface area contributed by atoms with Gasteiger partial charge < -0.3 is 13.7 Å². The molecule has 5 nitrogen and oxygen atoms in total. The van der Waals surface area contributed by atoms with Crippen molar-refractivity contribution in [2.45, 2.75) is 18.7 Å². The van der Waals surface area contributed by atoms with E-state index in [1.54, 1.807) is 18.2 Å². The van der Waals surface area contributed by atoms with Gasteiger partial charge in [-0.15, -0.1) is 0 Å². The summed E-state index contributed by atoms with van der Waals surface area (Å²) in [6.07, 6.45) is 0. The fourth-order valence-corrected chi connectivity index (χ4v) is 3.61. The minimum absolute atomic E-state index is 0.00235. The second-order valence-corrected chi connectivity index (χ2v) is 7.74. The van der Waals surface area contributed by atoms with E-state index >= 15 is 0 Å². The van der Waals surface area contributed by atoms with Gasteiger partial charge in [-0.25, -0.2) is 0 Å². The van der Waals surface area contributed by atoms with Crippen molar-refractivity contribution in [1.29, 1.82) is 0 Å². The van der Waals surface area contributed by atoms with Crippen LogP contribution in [0, 0.1) is 17.4 Å². The highest BCUT2D eigenvalue weighted by Gasteiger charge is 2.21. The van der Waals surface area contributed by atoms with Crippen molar-refractivity contribution < 1.29 is 22.1 Å². The Kier molecular flexibility index (Phi) is 5.88. The maximum Gasteiger partial charge on any atom is 0.339 e. The molecule has 0 spiro atoms. The Hall–Kier alpha value is -1.32. The molecule has 0 unspecified atom stereocenters. The topological polar surface area (TPSA) is 61.8 Å². The summed E-state index contributed by atoms with van der Waals surface area (Å²) >= 11 is 2.09. The summed E-state index contributed by atoms with van der Waals surface area (Å²) in [5, 5.41) is 0. The minimum atomic E-state index is -3.94. The second-order valence-electron chi connectivity index (χ2n) is 4.95. The monoisotopic (exact) mass is 448 g/mol. The third-order valence-corrected chi connectivity index (χ3v) is 4.91. The summed E-state index contributed by atoms with van der Waals surface area (Å²) < 4.78 is 41.4. The molecule has 0 bridgehead atoms. The molecule has 0 saturated heterocycles. The van der Waals surface area contributed by atoms with Crippen LogP contribution in [0.2, 0.25) is 0 Å². The van der Waals surface area contributed by atoms with Crippen molar-refractivity contribution in [2.75, 3.05) is 13.9 Å². The Morgan fingerprint density at radius 1 is 1.09 bits per heavy atom. The van der Waals surface area contributed by atoms with Gasteiger partial charge in [0.15, 0.2) is 18.3 Å². The van der Waals surface area contributed by atoms with E-state index in [0.717, 1.165) is 14.7 Å². The minimum Gasteiger partial charge on any atom is -0.463 e. The van der Waals surface area contributed by atoms with E-state index in [2.05, 4.69) is 22.6 Å². The normalized spacial score (nSPS) is 11.3. The first-order valence-corrected chi connectivity index (χ1v) is 9.25. The predicted octanol–water partition coefficient (Wildman–Crippen LogP) is 3.66. The second kappa shape index (κ2) is 7.50. The molecule has 0 atom stereocenters. The molecular weight excluding hydrogens is 431 g/mol. The first-order chi connectivity index (χ1) is 10.8. The molecule has 124 valence electrons. The lowest BCUT2D eigenvalue weighted by Gasteiger charge is -2.15. The summed E-state index contributed by atoms with van der Waals surface area (Å²) in [7, 11) is -2.44. The lowest BCUT2D eigenvalue weighted by atomic mass is 10.2. The van der Waals surface area contributed by atoms with Crippen molar-refractivity contribution in [3.8, 4) is 11.5 Å². The van der Waals surface area contributed by atoms with Gasteiger partial charge in [0.1, 0.15) is 4.90 Å². The van der Waals surface area contributed by atoms with Gasteiger partial charge >= 0.3 is 10.1 Å². The summed E-state index contributed by atoms with van der Waals surface area (Å²) in [4.78, 5) is 0.0947. The van der Waals surface area contributed by atoms with E-state index < -0.39 is 10.1 Å². The van der Waals surface area contributed by atoms with Crippen molar-refractivity contribution >= 4 is 32.7 Å². The number of ether oxygens (including phenoxy) is 2. The smallest absolute Gasteiger partial charge is 0.339 e. The van der Waals surface area contributed by atoms with Crippen LogP contribution in [-0.4, -0.2) is 22.3 Å². The molecule has 0 saturated carbocycles. The number of benzene rings is 2. The van der Waals surface area contributed by atoms with Crippen LogP contribution in [0.1, 0.15) is 11.1 Å². The van der Waals surface area contributed by atoms with Crippen LogP contribution < -0.4 is 8.92 Å². The fourth-order valence-electron chi connectivity index (χ4n) is 1.94. The maximum absolute atomic E-state index is 12.5. The zero-order valence-electron chi connectivity index (χ0n) is 13.0. The number of methoxy groups -OCH3 is 1. The molecule has 0 aromatic heterocycles. The molecule has 0 fully saturated rings. The van der Waals surface area contributed by atoms with E-state index in [1.165, 1.54) is 19.2 Å². The van der Waals surface area contributed by atoms with E-state index in [1.807, 2.05) is 19.9 Å². The molecule has 7 heteroatoms. The molecule has 0 heterocycles. The average Bonchev–Trinajstić information content (AvgIpc) is 2.46. The highest BCUT2D eigenvalue weighted by molar-refractivity contribution is 14.1. The molecule has 2 aromatic carbocycles.